The Bertz CT molecular complexity index is 388. The monoisotopic (exact) mass is 313 g/mol. The molecule has 1 unspecified atom stereocenters. The lowest BCUT2D eigenvalue weighted by atomic mass is 9.92. The average molecular weight is 314 g/mol. The molecule has 0 radical (unpaired) electrons. The standard InChI is InChI=1S/C15H21BrFN/c1-2-18-15(11-5-3-4-6-11)9-12-7-8-13(16)10-14(12)17/h7-8,10-11,15,18H,2-6,9H2,1H3. The van der Waals surface area contributed by atoms with E-state index in [0.29, 0.717) is 12.0 Å². The average Bonchev–Trinajstić information content (AvgIpc) is 2.85. The van der Waals surface area contributed by atoms with Crippen molar-refractivity contribution in [2.75, 3.05) is 6.54 Å². The SMILES string of the molecule is CCNC(Cc1ccc(Br)cc1F)C1CCCC1. The first-order valence-electron chi connectivity index (χ1n) is 6.88. The van der Waals surface area contributed by atoms with Crippen LogP contribution >= 0.6 is 15.9 Å². The highest BCUT2D eigenvalue weighted by Gasteiger charge is 2.25. The normalized spacial score (nSPS) is 18.2. The maximum Gasteiger partial charge on any atom is 0.127 e. The van der Waals surface area contributed by atoms with Crippen molar-refractivity contribution in [3.63, 3.8) is 0 Å². The lowest BCUT2D eigenvalue weighted by molar-refractivity contribution is 0.359. The van der Waals surface area contributed by atoms with Crippen molar-refractivity contribution in [1.29, 1.82) is 0 Å². The van der Waals surface area contributed by atoms with Crippen LogP contribution in [-0.4, -0.2) is 12.6 Å². The molecule has 1 aromatic carbocycles. The molecule has 1 nitrogen and oxygen atoms in total. The topological polar surface area (TPSA) is 12.0 Å². The molecule has 0 bridgehead atoms. The summed E-state index contributed by atoms with van der Waals surface area (Å²) in [4.78, 5) is 0. The van der Waals surface area contributed by atoms with E-state index >= 15 is 0 Å². The van der Waals surface area contributed by atoms with Gasteiger partial charge in [-0.15, -0.1) is 0 Å². The van der Waals surface area contributed by atoms with Crippen LogP contribution in [0.2, 0.25) is 0 Å². The van der Waals surface area contributed by atoms with Crippen LogP contribution in [-0.2, 0) is 6.42 Å². The van der Waals surface area contributed by atoms with Gasteiger partial charge in [-0.2, -0.15) is 0 Å². The van der Waals surface area contributed by atoms with Gasteiger partial charge in [0.15, 0.2) is 0 Å². The molecule has 1 aliphatic rings. The Kier molecular flexibility index (Phi) is 5.19. The second-order valence-electron chi connectivity index (χ2n) is 5.15. The van der Waals surface area contributed by atoms with Gasteiger partial charge in [0.1, 0.15) is 5.82 Å². The summed E-state index contributed by atoms with van der Waals surface area (Å²) in [5.74, 6) is 0.623. The number of hydrogen-bond acceptors (Lipinski definition) is 1. The number of halogens is 2. The molecule has 100 valence electrons. The molecule has 1 aliphatic carbocycles. The summed E-state index contributed by atoms with van der Waals surface area (Å²) in [6.07, 6.45) is 6.04. The van der Waals surface area contributed by atoms with E-state index in [1.54, 1.807) is 6.07 Å². The first-order chi connectivity index (χ1) is 8.70. The van der Waals surface area contributed by atoms with Gasteiger partial charge in [0.25, 0.3) is 0 Å². The number of nitrogens with one attached hydrogen (secondary N) is 1. The third-order valence-electron chi connectivity index (χ3n) is 3.89. The van der Waals surface area contributed by atoms with Gasteiger partial charge >= 0.3 is 0 Å². The van der Waals surface area contributed by atoms with E-state index in [1.165, 1.54) is 25.7 Å². The highest BCUT2D eigenvalue weighted by Crippen LogP contribution is 2.30. The minimum Gasteiger partial charge on any atom is -0.314 e. The fourth-order valence-corrected chi connectivity index (χ4v) is 3.28. The minimum atomic E-state index is -0.0923. The number of likely N-dealkylation sites (N-methyl/N-ethyl adjacent to an activating group) is 1. The fraction of sp³-hybridized carbons (Fsp3) is 0.600. The lowest BCUT2D eigenvalue weighted by Gasteiger charge is -2.24. The second kappa shape index (κ2) is 6.67. The highest BCUT2D eigenvalue weighted by atomic mass is 79.9. The van der Waals surface area contributed by atoms with Gasteiger partial charge in [0.2, 0.25) is 0 Å². The van der Waals surface area contributed by atoms with E-state index in [2.05, 4.69) is 28.2 Å². The Morgan fingerprint density at radius 2 is 2.11 bits per heavy atom. The molecule has 18 heavy (non-hydrogen) atoms. The van der Waals surface area contributed by atoms with Crippen molar-refractivity contribution in [2.24, 2.45) is 5.92 Å². The smallest absolute Gasteiger partial charge is 0.127 e. The largest absolute Gasteiger partial charge is 0.314 e. The third-order valence-corrected chi connectivity index (χ3v) is 4.38. The summed E-state index contributed by atoms with van der Waals surface area (Å²) in [6.45, 7) is 3.08. The predicted molar refractivity (Wildman–Crippen MR) is 77.2 cm³/mol. The summed E-state index contributed by atoms with van der Waals surface area (Å²) in [5, 5.41) is 3.54. The number of benzene rings is 1. The predicted octanol–water partition coefficient (Wildman–Crippen LogP) is 4.30. The molecule has 1 N–H and O–H groups in total. The Labute approximate surface area is 117 Å². The zero-order valence-electron chi connectivity index (χ0n) is 10.9. The van der Waals surface area contributed by atoms with Crippen LogP contribution in [0.5, 0.6) is 0 Å². The molecule has 1 saturated carbocycles. The summed E-state index contributed by atoms with van der Waals surface area (Å²) >= 11 is 3.30. The summed E-state index contributed by atoms with van der Waals surface area (Å²) in [5.41, 5.74) is 0.830. The summed E-state index contributed by atoms with van der Waals surface area (Å²) in [6, 6.07) is 5.81. The van der Waals surface area contributed by atoms with Crippen LogP contribution in [0.3, 0.4) is 0 Å². The summed E-state index contributed by atoms with van der Waals surface area (Å²) < 4.78 is 14.7. The maximum absolute atomic E-state index is 13.9. The molecular weight excluding hydrogens is 293 g/mol. The van der Waals surface area contributed by atoms with Crippen molar-refractivity contribution in [3.8, 4) is 0 Å². The number of hydrogen-bond donors (Lipinski definition) is 1. The molecule has 3 heteroatoms. The van der Waals surface area contributed by atoms with Gasteiger partial charge in [0.05, 0.1) is 0 Å². The van der Waals surface area contributed by atoms with Crippen LogP contribution in [0.15, 0.2) is 22.7 Å². The van der Waals surface area contributed by atoms with E-state index in [9.17, 15) is 4.39 Å². The molecule has 0 aromatic heterocycles. The molecular formula is C15H21BrFN. The van der Waals surface area contributed by atoms with Crippen molar-refractivity contribution in [2.45, 2.75) is 45.1 Å². The first kappa shape index (κ1) is 14.0. The van der Waals surface area contributed by atoms with Gasteiger partial charge in [-0.1, -0.05) is 41.8 Å². The Hall–Kier alpha value is -0.410. The minimum absolute atomic E-state index is 0.0923. The Morgan fingerprint density at radius 3 is 2.72 bits per heavy atom. The Balaban J connectivity index is 2.07. The maximum atomic E-state index is 13.9. The van der Waals surface area contributed by atoms with Gasteiger partial charge in [-0.3, -0.25) is 0 Å². The van der Waals surface area contributed by atoms with E-state index in [1.807, 2.05) is 12.1 Å². The molecule has 1 atom stereocenters. The van der Waals surface area contributed by atoms with Crippen molar-refractivity contribution < 1.29 is 4.39 Å². The van der Waals surface area contributed by atoms with E-state index in [0.717, 1.165) is 23.0 Å². The molecule has 0 saturated heterocycles. The van der Waals surface area contributed by atoms with E-state index in [4.69, 9.17) is 0 Å². The highest BCUT2D eigenvalue weighted by molar-refractivity contribution is 9.10. The Morgan fingerprint density at radius 1 is 1.39 bits per heavy atom. The van der Waals surface area contributed by atoms with Crippen LogP contribution in [0, 0.1) is 11.7 Å². The van der Waals surface area contributed by atoms with Crippen molar-refractivity contribution >= 4 is 15.9 Å². The number of rotatable bonds is 5. The molecule has 0 aliphatic heterocycles. The van der Waals surface area contributed by atoms with Crippen LogP contribution < -0.4 is 5.32 Å². The zero-order valence-corrected chi connectivity index (χ0v) is 12.5. The lowest BCUT2D eigenvalue weighted by Crippen LogP contribution is -2.37. The van der Waals surface area contributed by atoms with Crippen LogP contribution in [0.1, 0.15) is 38.2 Å². The first-order valence-corrected chi connectivity index (χ1v) is 7.67. The van der Waals surface area contributed by atoms with Gasteiger partial charge in [-0.25, -0.2) is 4.39 Å². The van der Waals surface area contributed by atoms with Gasteiger partial charge < -0.3 is 5.32 Å². The second-order valence-corrected chi connectivity index (χ2v) is 6.06. The fourth-order valence-electron chi connectivity index (χ4n) is 2.95. The molecule has 0 amide bonds. The van der Waals surface area contributed by atoms with Gasteiger partial charge in [-0.05, 0) is 49.4 Å². The summed E-state index contributed by atoms with van der Waals surface area (Å²) in [7, 11) is 0. The van der Waals surface area contributed by atoms with E-state index < -0.39 is 0 Å². The van der Waals surface area contributed by atoms with Crippen LogP contribution in [0.25, 0.3) is 0 Å². The zero-order chi connectivity index (χ0) is 13.0. The van der Waals surface area contributed by atoms with E-state index in [-0.39, 0.29) is 5.82 Å². The molecule has 1 fully saturated rings. The van der Waals surface area contributed by atoms with Gasteiger partial charge in [0, 0.05) is 10.5 Å². The quantitative estimate of drug-likeness (QED) is 0.854. The van der Waals surface area contributed by atoms with Crippen molar-refractivity contribution in [1.82, 2.24) is 5.32 Å². The van der Waals surface area contributed by atoms with Crippen LogP contribution in [0.4, 0.5) is 4.39 Å². The molecule has 2 rings (SSSR count). The molecule has 1 aromatic rings. The molecule has 0 spiro atoms. The molecule has 0 heterocycles. The van der Waals surface area contributed by atoms with Crippen molar-refractivity contribution in [3.05, 3.63) is 34.1 Å². The third kappa shape index (κ3) is 3.55.